The molecular formula is C28H32ClF2N3O3. The maximum absolute atomic E-state index is 14.8. The molecule has 37 heavy (non-hydrogen) atoms. The molecule has 6 nitrogen and oxygen atoms in total. The van der Waals surface area contributed by atoms with Crippen molar-refractivity contribution in [2.24, 2.45) is 5.41 Å². The summed E-state index contributed by atoms with van der Waals surface area (Å²) in [5.74, 6) is -1.65. The molecular weight excluding hydrogens is 500 g/mol. The van der Waals surface area contributed by atoms with Crippen LogP contribution in [0.3, 0.4) is 0 Å². The third-order valence-electron chi connectivity index (χ3n) is 6.06. The Kier molecular flexibility index (Phi) is 9.32. The van der Waals surface area contributed by atoms with Crippen LogP contribution in [0.1, 0.15) is 44.5 Å². The first kappa shape index (κ1) is 28.2. The zero-order valence-corrected chi connectivity index (χ0v) is 21.9. The third-order valence-corrected chi connectivity index (χ3v) is 6.29. The average molecular weight is 532 g/mol. The van der Waals surface area contributed by atoms with E-state index in [9.17, 15) is 18.4 Å². The highest BCUT2D eigenvalue weighted by atomic mass is 35.5. The van der Waals surface area contributed by atoms with E-state index in [1.807, 2.05) is 55.7 Å². The maximum atomic E-state index is 14.8. The summed E-state index contributed by atoms with van der Waals surface area (Å²) in [5, 5.41) is 11.2. The molecule has 3 aromatic rings. The van der Waals surface area contributed by atoms with Crippen LogP contribution in [0.2, 0.25) is 0 Å². The van der Waals surface area contributed by atoms with Gasteiger partial charge in [0.1, 0.15) is 17.5 Å². The lowest BCUT2D eigenvalue weighted by Crippen LogP contribution is -2.44. The summed E-state index contributed by atoms with van der Waals surface area (Å²) in [7, 11) is 0. The number of rotatable bonds is 10. The minimum atomic E-state index is -1.14. The SMILES string of the molecule is CC(C)(C)C(c1cc(-c2cc(F)ccc2F)cn1Cc1ccccc1)N(CCCNC(=O)O)C(=O)CCl. The Labute approximate surface area is 220 Å². The zero-order chi connectivity index (χ0) is 27.2. The minimum absolute atomic E-state index is 0.126. The van der Waals surface area contributed by atoms with Gasteiger partial charge in [0, 0.05) is 42.7 Å². The smallest absolute Gasteiger partial charge is 0.404 e. The van der Waals surface area contributed by atoms with E-state index in [1.165, 1.54) is 0 Å². The van der Waals surface area contributed by atoms with Gasteiger partial charge in [-0.25, -0.2) is 13.6 Å². The molecule has 2 amide bonds. The molecule has 0 saturated heterocycles. The van der Waals surface area contributed by atoms with Crippen molar-refractivity contribution in [3.8, 4) is 11.1 Å². The second-order valence-corrected chi connectivity index (χ2v) is 10.2. The Bertz CT molecular complexity index is 1230. The van der Waals surface area contributed by atoms with Crippen LogP contribution in [0.25, 0.3) is 11.1 Å². The van der Waals surface area contributed by atoms with Crippen molar-refractivity contribution in [1.29, 1.82) is 0 Å². The van der Waals surface area contributed by atoms with Gasteiger partial charge in [-0.3, -0.25) is 4.79 Å². The molecule has 2 aromatic carbocycles. The number of carboxylic acid groups (broad SMARTS) is 1. The van der Waals surface area contributed by atoms with Gasteiger partial charge in [0.25, 0.3) is 0 Å². The number of hydrogen-bond donors (Lipinski definition) is 2. The van der Waals surface area contributed by atoms with Gasteiger partial charge in [0.05, 0.1) is 6.04 Å². The van der Waals surface area contributed by atoms with E-state index in [0.29, 0.717) is 18.5 Å². The molecule has 0 aliphatic carbocycles. The van der Waals surface area contributed by atoms with Crippen molar-refractivity contribution < 1.29 is 23.5 Å². The molecule has 0 saturated carbocycles. The Morgan fingerprint density at radius 3 is 2.43 bits per heavy atom. The normalized spacial score (nSPS) is 12.3. The summed E-state index contributed by atoms with van der Waals surface area (Å²) in [6, 6.07) is 14.3. The summed E-state index contributed by atoms with van der Waals surface area (Å²) < 4.78 is 30.8. The van der Waals surface area contributed by atoms with Crippen molar-refractivity contribution in [3.63, 3.8) is 0 Å². The Morgan fingerprint density at radius 1 is 1.11 bits per heavy atom. The van der Waals surface area contributed by atoms with Crippen molar-refractivity contribution in [3.05, 3.63) is 83.7 Å². The highest BCUT2D eigenvalue weighted by Gasteiger charge is 2.36. The lowest BCUT2D eigenvalue weighted by Gasteiger charge is -2.41. The van der Waals surface area contributed by atoms with E-state index in [4.69, 9.17) is 16.7 Å². The van der Waals surface area contributed by atoms with Gasteiger partial charge < -0.3 is 19.9 Å². The second kappa shape index (κ2) is 12.2. The van der Waals surface area contributed by atoms with Gasteiger partial charge in [-0.2, -0.15) is 0 Å². The number of nitrogens with zero attached hydrogens (tertiary/aromatic N) is 2. The fourth-order valence-corrected chi connectivity index (χ4v) is 4.68. The van der Waals surface area contributed by atoms with Gasteiger partial charge >= 0.3 is 6.09 Å². The number of amides is 2. The highest BCUT2D eigenvalue weighted by Crippen LogP contribution is 2.41. The maximum Gasteiger partial charge on any atom is 0.404 e. The molecule has 1 unspecified atom stereocenters. The summed E-state index contributed by atoms with van der Waals surface area (Å²) in [6.07, 6.45) is 1.02. The number of hydrogen-bond acceptors (Lipinski definition) is 2. The molecule has 0 radical (unpaired) electrons. The summed E-state index contributed by atoms with van der Waals surface area (Å²) in [4.78, 5) is 25.6. The first-order valence-corrected chi connectivity index (χ1v) is 12.6. The van der Waals surface area contributed by atoms with Crippen LogP contribution in [-0.2, 0) is 11.3 Å². The summed E-state index contributed by atoms with van der Waals surface area (Å²) in [6.45, 7) is 6.85. The summed E-state index contributed by atoms with van der Waals surface area (Å²) in [5.41, 5.74) is 1.87. The fraction of sp³-hybridized carbons (Fsp3) is 0.357. The largest absolute Gasteiger partial charge is 0.465 e. The minimum Gasteiger partial charge on any atom is -0.465 e. The second-order valence-electron chi connectivity index (χ2n) is 9.97. The molecule has 3 rings (SSSR count). The van der Waals surface area contributed by atoms with E-state index in [0.717, 1.165) is 29.5 Å². The molecule has 198 valence electrons. The molecule has 0 aliphatic heterocycles. The van der Waals surface area contributed by atoms with Crippen molar-refractivity contribution >= 4 is 23.6 Å². The lowest BCUT2D eigenvalue weighted by molar-refractivity contribution is -0.133. The van der Waals surface area contributed by atoms with Crippen LogP contribution < -0.4 is 5.32 Å². The third kappa shape index (κ3) is 7.32. The van der Waals surface area contributed by atoms with Crippen molar-refractivity contribution in [2.75, 3.05) is 19.0 Å². The topological polar surface area (TPSA) is 74.6 Å². The van der Waals surface area contributed by atoms with E-state index < -0.39 is 29.2 Å². The first-order valence-electron chi connectivity index (χ1n) is 12.0. The molecule has 1 atom stereocenters. The molecule has 1 aromatic heterocycles. The van der Waals surface area contributed by atoms with Crippen LogP contribution in [0.5, 0.6) is 0 Å². The Balaban J connectivity index is 2.13. The number of benzene rings is 2. The number of carbonyl (C=O) groups excluding carboxylic acids is 1. The van der Waals surface area contributed by atoms with Crippen LogP contribution in [0.4, 0.5) is 13.6 Å². The van der Waals surface area contributed by atoms with Crippen LogP contribution in [0, 0.1) is 17.0 Å². The number of alkyl halides is 1. The fourth-order valence-electron chi connectivity index (χ4n) is 4.53. The van der Waals surface area contributed by atoms with Crippen LogP contribution in [-0.4, -0.2) is 45.5 Å². The van der Waals surface area contributed by atoms with Gasteiger partial charge in [0.15, 0.2) is 0 Å². The number of halogens is 3. The van der Waals surface area contributed by atoms with E-state index in [-0.39, 0.29) is 30.4 Å². The molecule has 0 aliphatic rings. The van der Waals surface area contributed by atoms with Crippen LogP contribution in [0.15, 0.2) is 60.8 Å². The monoisotopic (exact) mass is 531 g/mol. The van der Waals surface area contributed by atoms with Gasteiger partial charge in [-0.15, -0.1) is 11.6 Å². The first-order chi connectivity index (χ1) is 17.5. The highest BCUT2D eigenvalue weighted by molar-refractivity contribution is 6.27. The lowest BCUT2D eigenvalue weighted by atomic mass is 9.83. The number of nitrogens with one attached hydrogen (secondary N) is 1. The average Bonchev–Trinajstić information content (AvgIpc) is 3.24. The number of aromatic nitrogens is 1. The Hall–Kier alpha value is -3.39. The number of carbonyl (C=O) groups is 2. The summed E-state index contributed by atoms with van der Waals surface area (Å²) >= 11 is 6.00. The molecule has 0 spiro atoms. The van der Waals surface area contributed by atoms with E-state index in [1.54, 1.807) is 17.2 Å². The quantitative estimate of drug-likeness (QED) is 0.238. The van der Waals surface area contributed by atoms with Crippen LogP contribution >= 0.6 is 11.6 Å². The van der Waals surface area contributed by atoms with Crippen molar-refractivity contribution in [2.45, 2.75) is 39.8 Å². The van der Waals surface area contributed by atoms with Crippen molar-refractivity contribution in [1.82, 2.24) is 14.8 Å². The molecule has 1 heterocycles. The Morgan fingerprint density at radius 2 is 1.81 bits per heavy atom. The molecule has 0 bridgehead atoms. The van der Waals surface area contributed by atoms with Gasteiger partial charge in [0.2, 0.25) is 5.91 Å². The predicted octanol–water partition coefficient (Wildman–Crippen LogP) is 6.29. The van der Waals surface area contributed by atoms with Gasteiger partial charge in [-0.05, 0) is 41.7 Å². The molecule has 0 fully saturated rings. The van der Waals surface area contributed by atoms with E-state index in [2.05, 4.69) is 5.32 Å². The zero-order valence-electron chi connectivity index (χ0n) is 21.2. The standard InChI is InChI=1S/C28H32ClF2N3O3/c1-28(2,3)26(34(25(35)16-29)13-7-12-32-27(36)37)24-14-20(22-15-21(30)10-11-23(22)31)18-33(24)17-19-8-5-4-6-9-19/h4-6,8-11,14-15,18,26,32H,7,12-13,16-17H2,1-3H3,(H,36,37). The molecule has 9 heteroatoms. The van der Waals surface area contributed by atoms with E-state index >= 15 is 0 Å². The molecule has 2 N–H and O–H groups in total. The predicted molar refractivity (Wildman–Crippen MR) is 141 cm³/mol. The van der Waals surface area contributed by atoms with Gasteiger partial charge in [-0.1, -0.05) is 51.1 Å².